The standard InChI is InChI=1S/C27H33N3O3/c1-5-22-18-33-27(4,14-13-19(2)3)30(22)26(32)23-16-21-12-9-15-28-24(21)29(25(23)31)17-20-10-7-6-8-11-20/h6-12,15-16,19,22H,5,13-14,17-18H2,1-4H3. The van der Waals surface area contributed by atoms with E-state index in [0.29, 0.717) is 24.7 Å². The SMILES string of the molecule is CCC1COC(C)(CCC(C)C)N1C(=O)c1cc2cccnc2n(Cc2ccccc2)c1=O. The fraction of sp³-hybridized carbons (Fsp3) is 0.444. The number of carbonyl (C=O) groups excluding carboxylic acids is 1. The number of pyridine rings is 2. The van der Waals surface area contributed by atoms with Gasteiger partial charge in [-0.15, -0.1) is 0 Å². The molecule has 1 saturated heterocycles. The molecule has 1 amide bonds. The van der Waals surface area contributed by atoms with E-state index in [1.807, 2.05) is 54.3 Å². The predicted molar refractivity (Wildman–Crippen MR) is 130 cm³/mol. The van der Waals surface area contributed by atoms with Crippen LogP contribution in [0.25, 0.3) is 11.0 Å². The van der Waals surface area contributed by atoms with Gasteiger partial charge in [-0.25, -0.2) is 4.98 Å². The first-order valence-corrected chi connectivity index (χ1v) is 11.8. The van der Waals surface area contributed by atoms with Crippen LogP contribution in [0.1, 0.15) is 62.9 Å². The third-order valence-electron chi connectivity index (χ3n) is 6.60. The van der Waals surface area contributed by atoms with E-state index in [-0.39, 0.29) is 23.1 Å². The summed E-state index contributed by atoms with van der Waals surface area (Å²) in [4.78, 5) is 33.9. The molecule has 0 radical (unpaired) electrons. The molecule has 6 nitrogen and oxygen atoms in total. The van der Waals surface area contributed by atoms with Crippen LogP contribution in [0.3, 0.4) is 0 Å². The molecular formula is C27H33N3O3. The normalized spacial score (nSPS) is 20.6. The Morgan fingerprint density at radius 1 is 1.21 bits per heavy atom. The summed E-state index contributed by atoms with van der Waals surface area (Å²) in [5.74, 6) is 0.237. The molecule has 3 aromatic rings. The highest BCUT2D eigenvalue weighted by atomic mass is 16.5. The van der Waals surface area contributed by atoms with E-state index >= 15 is 0 Å². The molecule has 0 bridgehead atoms. The zero-order chi connectivity index (χ0) is 23.6. The van der Waals surface area contributed by atoms with Crippen molar-refractivity contribution in [3.05, 3.63) is 76.2 Å². The highest BCUT2D eigenvalue weighted by molar-refractivity contribution is 5.97. The van der Waals surface area contributed by atoms with Crippen molar-refractivity contribution in [1.82, 2.24) is 14.5 Å². The Morgan fingerprint density at radius 2 is 1.97 bits per heavy atom. The highest BCUT2D eigenvalue weighted by Gasteiger charge is 2.46. The molecule has 1 aromatic carbocycles. The topological polar surface area (TPSA) is 64.4 Å². The van der Waals surface area contributed by atoms with Gasteiger partial charge in [-0.2, -0.15) is 0 Å². The van der Waals surface area contributed by atoms with E-state index in [0.717, 1.165) is 30.2 Å². The largest absolute Gasteiger partial charge is 0.354 e. The zero-order valence-corrected chi connectivity index (χ0v) is 20.0. The van der Waals surface area contributed by atoms with Gasteiger partial charge in [-0.3, -0.25) is 14.2 Å². The van der Waals surface area contributed by atoms with Crippen LogP contribution >= 0.6 is 0 Å². The van der Waals surface area contributed by atoms with Crippen molar-refractivity contribution in [1.29, 1.82) is 0 Å². The van der Waals surface area contributed by atoms with E-state index in [9.17, 15) is 9.59 Å². The number of ether oxygens (including phenoxy) is 1. The Labute approximate surface area is 195 Å². The molecule has 6 heteroatoms. The van der Waals surface area contributed by atoms with Gasteiger partial charge in [0.05, 0.1) is 19.2 Å². The smallest absolute Gasteiger partial charge is 0.265 e. The van der Waals surface area contributed by atoms with Gasteiger partial charge in [-0.05, 0) is 55.9 Å². The molecule has 174 valence electrons. The summed E-state index contributed by atoms with van der Waals surface area (Å²) in [6.07, 6.45) is 4.13. The van der Waals surface area contributed by atoms with Crippen LogP contribution in [0.2, 0.25) is 0 Å². The lowest BCUT2D eigenvalue weighted by atomic mass is 9.99. The fourth-order valence-electron chi connectivity index (χ4n) is 4.64. The maximum atomic E-state index is 14.0. The van der Waals surface area contributed by atoms with E-state index < -0.39 is 5.72 Å². The number of benzene rings is 1. The summed E-state index contributed by atoms with van der Waals surface area (Å²) >= 11 is 0. The first-order valence-electron chi connectivity index (χ1n) is 11.8. The minimum atomic E-state index is -0.720. The van der Waals surface area contributed by atoms with Crippen LogP contribution in [0.5, 0.6) is 0 Å². The number of fused-ring (bicyclic) bond motifs is 1. The Balaban J connectivity index is 1.80. The summed E-state index contributed by atoms with van der Waals surface area (Å²) in [5, 5.41) is 0.772. The maximum Gasteiger partial charge on any atom is 0.265 e. The average molecular weight is 448 g/mol. The van der Waals surface area contributed by atoms with Crippen molar-refractivity contribution in [3.8, 4) is 0 Å². The van der Waals surface area contributed by atoms with Crippen LogP contribution < -0.4 is 5.56 Å². The van der Waals surface area contributed by atoms with Gasteiger partial charge in [0.2, 0.25) is 0 Å². The number of hydrogen-bond donors (Lipinski definition) is 0. The van der Waals surface area contributed by atoms with Gasteiger partial charge >= 0.3 is 0 Å². The summed E-state index contributed by atoms with van der Waals surface area (Å²) in [7, 11) is 0. The summed E-state index contributed by atoms with van der Waals surface area (Å²) in [6.45, 7) is 9.21. The highest BCUT2D eigenvalue weighted by Crippen LogP contribution is 2.35. The van der Waals surface area contributed by atoms with Crippen molar-refractivity contribution in [3.63, 3.8) is 0 Å². The molecule has 1 aliphatic heterocycles. The lowest BCUT2D eigenvalue weighted by molar-refractivity contribution is -0.0641. The molecule has 1 fully saturated rings. The Bertz CT molecular complexity index is 1190. The predicted octanol–water partition coefficient (Wildman–Crippen LogP) is 4.85. The molecule has 0 aliphatic carbocycles. The average Bonchev–Trinajstić information content (AvgIpc) is 3.16. The van der Waals surface area contributed by atoms with Crippen molar-refractivity contribution >= 4 is 16.9 Å². The lowest BCUT2D eigenvalue weighted by Crippen LogP contribution is -2.51. The number of aromatic nitrogens is 2. The van der Waals surface area contributed by atoms with Crippen LogP contribution in [0.4, 0.5) is 0 Å². The molecule has 3 heterocycles. The van der Waals surface area contributed by atoms with Gasteiger partial charge < -0.3 is 9.64 Å². The van der Waals surface area contributed by atoms with E-state index in [1.54, 1.807) is 16.8 Å². The summed E-state index contributed by atoms with van der Waals surface area (Å²) < 4.78 is 7.80. The first kappa shape index (κ1) is 23.2. The summed E-state index contributed by atoms with van der Waals surface area (Å²) in [6, 6.07) is 15.1. The Morgan fingerprint density at radius 3 is 2.67 bits per heavy atom. The van der Waals surface area contributed by atoms with Crippen LogP contribution in [-0.2, 0) is 11.3 Å². The van der Waals surface area contributed by atoms with Gasteiger partial charge in [0.1, 0.15) is 16.9 Å². The monoisotopic (exact) mass is 447 g/mol. The Hall–Kier alpha value is -2.99. The molecule has 4 rings (SSSR count). The van der Waals surface area contributed by atoms with Crippen molar-refractivity contribution in [2.75, 3.05) is 6.61 Å². The number of amides is 1. The zero-order valence-electron chi connectivity index (χ0n) is 20.0. The van der Waals surface area contributed by atoms with E-state index in [1.165, 1.54) is 0 Å². The van der Waals surface area contributed by atoms with Crippen molar-refractivity contribution in [2.24, 2.45) is 5.92 Å². The second-order valence-corrected chi connectivity index (χ2v) is 9.51. The van der Waals surface area contributed by atoms with Gasteiger partial charge in [0.25, 0.3) is 11.5 Å². The van der Waals surface area contributed by atoms with Crippen molar-refractivity contribution in [2.45, 2.75) is 65.3 Å². The molecule has 2 aromatic heterocycles. The fourth-order valence-corrected chi connectivity index (χ4v) is 4.64. The first-order chi connectivity index (χ1) is 15.8. The molecule has 0 saturated carbocycles. The molecule has 0 spiro atoms. The summed E-state index contributed by atoms with van der Waals surface area (Å²) in [5.41, 5.74) is 0.695. The molecule has 0 N–H and O–H groups in total. The Kier molecular flexibility index (Phi) is 6.66. The van der Waals surface area contributed by atoms with E-state index in [2.05, 4.69) is 25.8 Å². The number of carbonyl (C=O) groups is 1. The second-order valence-electron chi connectivity index (χ2n) is 9.51. The lowest BCUT2D eigenvalue weighted by Gasteiger charge is -2.37. The number of rotatable bonds is 7. The van der Waals surface area contributed by atoms with Crippen LogP contribution in [0.15, 0.2) is 59.5 Å². The van der Waals surface area contributed by atoms with Crippen molar-refractivity contribution < 1.29 is 9.53 Å². The molecular weight excluding hydrogens is 414 g/mol. The van der Waals surface area contributed by atoms with Crippen LogP contribution in [-0.4, -0.2) is 38.7 Å². The third-order valence-corrected chi connectivity index (χ3v) is 6.60. The van der Waals surface area contributed by atoms with Gasteiger partial charge in [-0.1, -0.05) is 51.1 Å². The maximum absolute atomic E-state index is 14.0. The third kappa shape index (κ3) is 4.58. The van der Waals surface area contributed by atoms with Crippen LogP contribution in [0, 0.1) is 5.92 Å². The molecule has 2 atom stereocenters. The minimum absolute atomic E-state index is 0.0544. The molecule has 33 heavy (non-hydrogen) atoms. The minimum Gasteiger partial charge on any atom is -0.354 e. The second kappa shape index (κ2) is 9.48. The number of nitrogens with zero attached hydrogens (tertiary/aromatic N) is 3. The van der Waals surface area contributed by atoms with Gasteiger partial charge in [0, 0.05) is 11.6 Å². The quantitative estimate of drug-likeness (QED) is 0.519. The van der Waals surface area contributed by atoms with E-state index in [4.69, 9.17) is 4.74 Å². The number of hydrogen-bond acceptors (Lipinski definition) is 4. The molecule has 1 aliphatic rings. The molecule has 2 unspecified atom stereocenters. The van der Waals surface area contributed by atoms with Gasteiger partial charge in [0.15, 0.2) is 0 Å².